The highest BCUT2D eigenvalue weighted by atomic mass is 79.9. The van der Waals surface area contributed by atoms with E-state index in [1.54, 1.807) is 6.20 Å². The van der Waals surface area contributed by atoms with Gasteiger partial charge in [-0.25, -0.2) is 4.98 Å². The third kappa shape index (κ3) is 3.12. The summed E-state index contributed by atoms with van der Waals surface area (Å²) in [5.41, 5.74) is 0.527. The summed E-state index contributed by atoms with van der Waals surface area (Å²) in [6, 6.07) is 4.04. The molecular weight excluding hydrogens is 360 g/mol. The molecule has 0 N–H and O–H groups in total. The number of hydrogen-bond donors (Lipinski definition) is 0. The van der Waals surface area contributed by atoms with Crippen LogP contribution < -0.4 is 0 Å². The van der Waals surface area contributed by atoms with Crippen molar-refractivity contribution in [2.45, 2.75) is 31.7 Å². The van der Waals surface area contributed by atoms with E-state index in [1.165, 1.54) is 6.42 Å². The maximum Gasteiger partial charge on any atom is 0.273 e. The van der Waals surface area contributed by atoms with Crippen LogP contribution in [0, 0.1) is 0 Å². The van der Waals surface area contributed by atoms with Crippen LogP contribution >= 0.6 is 31.9 Å². The number of likely N-dealkylation sites (tertiary alicyclic amines) is 1. The lowest BCUT2D eigenvalue weighted by atomic mass is 9.99. The first kappa shape index (κ1) is 14.0. The Hall–Kier alpha value is -0.420. The molecule has 5 heteroatoms. The number of carbonyl (C=O) groups is 1. The van der Waals surface area contributed by atoms with Crippen molar-refractivity contribution in [3.05, 3.63) is 28.5 Å². The molecule has 1 aromatic rings. The Balaban J connectivity index is 2.18. The summed E-state index contributed by atoms with van der Waals surface area (Å²) in [6.45, 7) is 0.847. The third-order valence-corrected chi connectivity index (χ3v) is 4.39. The third-order valence-electron chi connectivity index (χ3n) is 3.29. The van der Waals surface area contributed by atoms with E-state index in [1.807, 2.05) is 17.0 Å². The summed E-state index contributed by atoms with van der Waals surface area (Å²) >= 11 is 6.87. The van der Waals surface area contributed by atoms with Gasteiger partial charge in [0.05, 0.1) is 0 Å². The molecule has 0 spiro atoms. The Morgan fingerprint density at radius 1 is 1.50 bits per heavy atom. The summed E-state index contributed by atoms with van der Waals surface area (Å²) in [4.78, 5) is 18.7. The number of piperidine rings is 1. The van der Waals surface area contributed by atoms with Crippen molar-refractivity contribution in [1.29, 1.82) is 0 Å². The SMILES string of the molecule is O=C(c1ncccc1Br)N1CCCCC1CCBr. The van der Waals surface area contributed by atoms with Crippen molar-refractivity contribution in [3.63, 3.8) is 0 Å². The van der Waals surface area contributed by atoms with Gasteiger partial charge in [-0.05, 0) is 53.7 Å². The van der Waals surface area contributed by atoms with Crippen LogP contribution in [0.1, 0.15) is 36.2 Å². The van der Waals surface area contributed by atoms with Gasteiger partial charge in [0.15, 0.2) is 0 Å². The molecule has 0 radical (unpaired) electrons. The minimum atomic E-state index is 0.0492. The van der Waals surface area contributed by atoms with Gasteiger partial charge in [0.1, 0.15) is 5.69 Å². The number of halogens is 2. The summed E-state index contributed by atoms with van der Waals surface area (Å²) in [5.74, 6) is 0.0492. The van der Waals surface area contributed by atoms with Crippen molar-refractivity contribution in [3.8, 4) is 0 Å². The number of amides is 1. The minimum Gasteiger partial charge on any atom is -0.334 e. The van der Waals surface area contributed by atoms with Crippen LogP contribution in [0.2, 0.25) is 0 Å². The highest BCUT2D eigenvalue weighted by molar-refractivity contribution is 9.10. The lowest BCUT2D eigenvalue weighted by molar-refractivity contribution is 0.0603. The second kappa shape index (κ2) is 6.66. The topological polar surface area (TPSA) is 33.2 Å². The molecule has 0 bridgehead atoms. The van der Waals surface area contributed by atoms with Gasteiger partial charge >= 0.3 is 0 Å². The highest BCUT2D eigenvalue weighted by Crippen LogP contribution is 2.24. The van der Waals surface area contributed by atoms with Gasteiger partial charge in [0.2, 0.25) is 0 Å². The van der Waals surface area contributed by atoms with Crippen LogP contribution in [0.15, 0.2) is 22.8 Å². The van der Waals surface area contributed by atoms with E-state index in [4.69, 9.17) is 0 Å². The molecule has 0 aliphatic carbocycles. The number of alkyl halides is 1. The Labute approximate surface area is 124 Å². The van der Waals surface area contributed by atoms with Crippen LogP contribution in [0.25, 0.3) is 0 Å². The number of nitrogens with zero attached hydrogens (tertiary/aromatic N) is 2. The van der Waals surface area contributed by atoms with Crippen molar-refractivity contribution in [2.24, 2.45) is 0 Å². The molecule has 1 amide bonds. The normalized spacial score (nSPS) is 19.9. The first-order chi connectivity index (χ1) is 8.74. The zero-order valence-corrected chi connectivity index (χ0v) is 13.3. The molecule has 1 aliphatic rings. The second-order valence-corrected chi connectivity index (χ2v) is 6.11. The zero-order valence-electron chi connectivity index (χ0n) is 10.1. The van der Waals surface area contributed by atoms with Crippen molar-refractivity contribution in [1.82, 2.24) is 9.88 Å². The molecule has 1 aliphatic heterocycles. The lowest BCUT2D eigenvalue weighted by Gasteiger charge is -2.35. The number of aromatic nitrogens is 1. The van der Waals surface area contributed by atoms with Gasteiger partial charge in [-0.2, -0.15) is 0 Å². The van der Waals surface area contributed by atoms with E-state index < -0.39 is 0 Å². The maximum absolute atomic E-state index is 12.5. The van der Waals surface area contributed by atoms with Gasteiger partial charge in [-0.3, -0.25) is 4.79 Å². The molecule has 1 unspecified atom stereocenters. The highest BCUT2D eigenvalue weighted by Gasteiger charge is 2.28. The quantitative estimate of drug-likeness (QED) is 0.756. The van der Waals surface area contributed by atoms with E-state index >= 15 is 0 Å². The zero-order chi connectivity index (χ0) is 13.0. The second-order valence-electron chi connectivity index (χ2n) is 4.46. The van der Waals surface area contributed by atoms with Crippen molar-refractivity contribution >= 4 is 37.8 Å². The molecule has 18 heavy (non-hydrogen) atoms. The van der Waals surface area contributed by atoms with Crippen LogP contribution in [-0.2, 0) is 0 Å². The van der Waals surface area contributed by atoms with Gasteiger partial charge < -0.3 is 4.90 Å². The van der Waals surface area contributed by atoms with Crippen molar-refractivity contribution < 1.29 is 4.79 Å². The largest absolute Gasteiger partial charge is 0.334 e. The van der Waals surface area contributed by atoms with Gasteiger partial charge in [0, 0.05) is 28.6 Å². The smallest absolute Gasteiger partial charge is 0.273 e. The van der Waals surface area contributed by atoms with Crippen LogP contribution in [0.5, 0.6) is 0 Å². The maximum atomic E-state index is 12.5. The van der Waals surface area contributed by atoms with E-state index in [-0.39, 0.29) is 5.91 Å². The molecule has 1 fully saturated rings. The fourth-order valence-electron chi connectivity index (χ4n) is 2.37. The van der Waals surface area contributed by atoms with E-state index in [0.717, 1.165) is 35.6 Å². The number of carbonyl (C=O) groups excluding carboxylic acids is 1. The summed E-state index contributed by atoms with van der Waals surface area (Å²) in [5, 5.41) is 0.935. The Bertz CT molecular complexity index is 423. The average Bonchev–Trinajstić information content (AvgIpc) is 2.40. The molecule has 0 saturated carbocycles. The molecule has 2 heterocycles. The predicted octanol–water partition coefficient (Wildman–Crippen LogP) is 3.62. The molecule has 1 atom stereocenters. The molecule has 98 valence electrons. The van der Waals surface area contributed by atoms with Crippen molar-refractivity contribution in [2.75, 3.05) is 11.9 Å². The fourth-order valence-corrected chi connectivity index (χ4v) is 3.33. The summed E-state index contributed by atoms with van der Waals surface area (Å²) in [6.07, 6.45) is 6.08. The van der Waals surface area contributed by atoms with Gasteiger partial charge in [0.25, 0.3) is 5.91 Å². The number of pyridine rings is 1. The minimum absolute atomic E-state index is 0.0492. The fraction of sp³-hybridized carbons (Fsp3) is 0.538. The van der Waals surface area contributed by atoms with E-state index in [9.17, 15) is 4.79 Å². The Kier molecular flexibility index (Phi) is 5.18. The molecular formula is C13H16Br2N2O. The Morgan fingerprint density at radius 2 is 2.33 bits per heavy atom. The number of hydrogen-bond acceptors (Lipinski definition) is 2. The number of rotatable bonds is 3. The predicted molar refractivity (Wildman–Crippen MR) is 79.0 cm³/mol. The molecule has 1 aromatic heterocycles. The summed E-state index contributed by atoms with van der Waals surface area (Å²) in [7, 11) is 0. The average molecular weight is 376 g/mol. The lowest BCUT2D eigenvalue weighted by Crippen LogP contribution is -2.44. The van der Waals surface area contributed by atoms with Crippen LogP contribution in [0.4, 0.5) is 0 Å². The van der Waals surface area contributed by atoms with Gasteiger partial charge in [-0.15, -0.1) is 0 Å². The summed E-state index contributed by atoms with van der Waals surface area (Å²) < 4.78 is 0.776. The molecule has 3 nitrogen and oxygen atoms in total. The molecule has 0 aromatic carbocycles. The Morgan fingerprint density at radius 3 is 3.06 bits per heavy atom. The van der Waals surface area contributed by atoms with E-state index in [2.05, 4.69) is 36.8 Å². The standard InChI is InChI=1S/C13H16Br2N2O/c14-7-6-10-4-1-2-9-17(10)13(18)12-11(15)5-3-8-16-12/h3,5,8,10H,1-2,4,6-7,9H2. The monoisotopic (exact) mass is 374 g/mol. The first-order valence-corrected chi connectivity index (χ1v) is 8.13. The van der Waals surface area contributed by atoms with Crippen LogP contribution in [-0.4, -0.2) is 33.7 Å². The first-order valence-electron chi connectivity index (χ1n) is 6.21. The molecule has 1 saturated heterocycles. The molecule has 2 rings (SSSR count). The van der Waals surface area contributed by atoms with Gasteiger partial charge in [-0.1, -0.05) is 15.9 Å². The van der Waals surface area contributed by atoms with E-state index in [0.29, 0.717) is 11.7 Å². The van der Waals surface area contributed by atoms with Crippen LogP contribution in [0.3, 0.4) is 0 Å².